The molecule has 2 aromatic carbocycles. The van der Waals surface area contributed by atoms with E-state index in [9.17, 15) is 13.2 Å². The van der Waals surface area contributed by atoms with Gasteiger partial charge >= 0.3 is 0 Å². The highest BCUT2D eigenvalue weighted by Gasteiger charge is 2.27. The summed E-state index contributed by atoms with van der Waals surface area (Å²) in [4.78, 5) is 12.8. The average molecular weight is 423 g/mol. The Hall–Kier alpha value is -1.93. The number of ether oxygens (including phenoxy) is 1. The van der Waals surface area contributed by atoms with Crippen molar-refractivity contribution >= 4 is 27.5 Å². The van der Waals surface area contributed by atoms with Gasteiger partial charge in [0.15, 0.2) is 0 Å². The fourth-order valence-corrected chi connectivity index (χ4v) is 4.37. The number of sulfonamides is 1. The van der Waals surface area contributed by atoms with Crippen LogP contribution in [-0.2, 0) is 26.0 Å². The highest BCUT2D eigenvalue weighted by atomic mass is 35.5. The third-order valence-electron chi connectivity index (χ3n) is 4.55. The van der Waals surface area contributed by atoms with Gasteiger partial charge in [-0.3, -0.25) is 4.79 Å². The van der Waals surface area contributed by atoms with Crippen LogP contribution in [0.5, 0.6) is 0 Å². The zero-order chi connectivity index (χ0) is 20.0. The number of amides is 1. The van der Waals surface area contributed by atoms with E-state index in [-0.39, 0.29) is 23.3 Å². The van der Waals surface area contributed by atoms with Crippen LogP contribution < -0.4 is 10.0 Å². The molecule has 2 atom stereocenters. The standard InChI is InChI=1S/C20H23ClN2O4S/c21-16-8-10-18(11-9-16)28(25,26)23-19(13-15-5-2-1-3-6-15)20(24)22-14-17-7-4-12-27-17/h1-3,5-6,8-11,17,19,23H,4,7,12-14H2,(H,22,24)/t17-,19+/m1/s1. The quantitative estimate of drug-likeness (QED) is 0.684. The highest BCUT2D eigenvalue weighted by molar-refractivity contribution is 7.89. The highest BCUT2D eigenvalue weighted by Crippen LogP contribution is 2.16. The Kier molecular flexibility index (Phi) is 7.07. The number of benzene rings is 2. The van der Waals surface area contributed by atoms with Crippen LogP contribution >= 0.6 is 11.6 Å². The first-order chi connectivity index (χ1) is 13.4. The lowest BCUT2D eigenvalue weighted by molar-refractivity contribution is -0.123. The lowest BCUT2D eigenvalue weighted by Gasteiger charge is -2.20. The van der Waals surface area contributed by atoms with Crippen LogP contribution in [0.1, 0.15) is 18.4 Å². The van der Waals surface area contributed by atoms with Gasteiger partial charge in [-0.05, 0) is 49.1 Å². The van der Waals surface area contributed by atoms with E-state index in [1.54, 1.807) is 0 Å². The molecular weight excluding hydrogens is 400 g/mol. The molecule has 0 aliphatic carbocycles. The van der Waals surface area contributed by atoms with E-state index >= 15 is 0 Å². The van der Waals surface area contributed by atoms with E-state index in [0.717, 1.165) is 18.4 Å². The smallest absolute Gasteiger partial charge is 0.241 e. The number of hydrogen-bond acceptors (Lipinski definition) is 4. The molecule has 2 N–H and O–H groups in total. The molecule has 1 amide bonds. The van der Waals surface area contributed by atoms with Gasteiger partial charge in [-0.2, -0.15) is 4.72 Å². The van der Waals surface area contributed by atoms with Gasteiger partial charge in [-0.25, -0.2) is 8.42 Å². The molecule has 150 valence electrons. The minimum absolute atomic E-state index is 0.0193. The van der Waals surface area contributed by atoms with Crippen molar-refractivity contribution in [3.05, 3.63) is 65.2 Å². The molecule has 28 heavy (non-hydrogen) atoms. The van der Waals surface area contributed by atoms with Crippen molar-refractivity contribution in [2.45, 2.75) is 36.3 Å². The molecule has 1 aliphatic rings. The molecule has 6 nitrogen and oxygen atoms in total. The number of nitrogens with one attached hydrogen (secondary N) is 2. The second-order valence-electron chi connectivity index (χ2n) is 6.70. The van der Waals surface area contributed by atoms with Gasteiger partial charge in [-0.1, -0.05) is 41.9 Å². The van der Waals surface area contributed by atoms with E-state index < -0.39 is 16.1 Å². The van der Waals surface area contributed by atoms with Gasteiger partial charge < -0.3 is 10.1 Å². The van der Waals surface area contributed by atoms with E-state index in [1.807, 2.05) is 30.3 Å². The van der Waals surface area contributed by atoms with E-state index in [4.69, 9.17) is 16.3 Å². The SMILES string of the molecule is O=C(NC[C@H]1CCCO1)[C@H](Cc1ccccc1)NS(=O)(=O)c1ccc(Cl)cc1. The maximum atomic E-state index is 12.8. The topological polar surface area (TPSA) is 84.5 Å². The van der Waals surface area contributed by atoms with E-state index in [1.165, 1.54) is 24.3 Å². The molecule has 0 radical (unpaired) electrons. The number of carbonyl (C=O) groups excluding carboxylic acids is 1. The molecule has 1 saturated heterocycles. The average Bonchev–Trinajstić information content (AvgIpc) is 3.20. The van der Waals surface area contributed by atoms with Crippen LogP contribution in [0.4, 0.5) is 0 Å². The largest absolute Gasteiger partial charge is 0.376 e. The number of carbonyl (C=O) groups is 1. The summed E-state index contributed by atoms with van der Waals surface area (Å²) >= 11 is 5.84. The lowest BCUT2D eigenvalue weighted by atomic mass is 10.1. The zero-order valence-corrected chi connectivity index (χ0v) is 16.9. The van der Waals surface area contributed by atoms with Crippen molar-refractivity contribution < 1.29 is 17.9 Å². The number of hydrogen-bond donors (Lipinski definition) is 2. The zero-order valence-electron chi connectivity index (χ0n) is 15.3. The molecule has 1 fully saturated rings. The Morgan fingerprint density at radius 2 is 1.86 bits per heavy atom. The van der Waals surface area contributed by atoms with Crippen LogP contribution in [0.15, 0.2) is 59.5 Å². The van der Waals surface area contributed by atoms with Crippen LogP contribution in [0.2, 0.25) is 5.02 Å². The Labute approximate surface area is 170 Å². The summed E-state index contributed by atoms with van der Waals surface area (Å²) in [5.41, 5.74) is 0.860. The van der Waals surface area contributed by atoms with Crippen LogP contribution in [0, 0.1) is 0 Å². The molecule has 0 unspecified atom stereocenters. The third kappa shape index (κ3) is 5.78. The molecule has 0 aromatic heterocycles. The second-order valence-corrected chi connectivity index (χ2v) is 8.85. The Morgan fingerprint density at radius 3 is 2.50 bits per heavy atom. The van der Waals surface area contributed by atoms with Crippen LogP contribution in [0.25, 0.3) is 0 Å². The van der Waals surface area contributed by atoms with Gasteiger partial charge in [-0.15, -0.1) is 0 Å². The summed E-state index contributed by atoms with van der Waals surface area (Å²) in [6.45, 7) is 1.06. The monoisotopic (exact) mass is 422 g/mol. The first kappa shape index (κ1) is 20.8. The van der Waals surface area contributed by atoms with Crippen molar-refractivity contribution in [2.24, 2.45) is 0 Å². The summed E-state index contributed by atoms with van der Waals surface area (Å²) in [7, 11) is -3.88. The Bertz CT molecular complexity index is 882. The summed E-state index contributed by atoms with van der Waals surface area (Å²) < 4.78 is 33.5. The van der Waals surface area contributed by atoms with Crippen molar-refractivity contribution in [3.63, 3.8) is 0 Å². The van der Waals surface area contributed by atoms with Gasteiger partial charge in [0.1, 0.15) is 6.04 Å². The number of halogens is 1. The summed E-state index contributed by atoms with van der Waals surface area (Å²) in [6.07, 6.45) is 2.08. The van der Waals surface area contributed by atoms with Crippen molar-refractivity contribution in [1.29, 1.82) is 0 Å². The molecule has 1 heterocycles. The molecule has 0 bridgehead atoms. The maximum Gasteiger partial charge on any atom is 0.241 e. The molecule has 0 saturated carbocycles. The fourth-order valence-electron chi connectivity index (χ4n) is 3.05. The summed E-state index contributed by atoms with van der Waals surface area (Å²) in [5.74, 6) is -0.378. The Balaban J connectivity index is 1.74. The molecule has 3 rings (SSSR count). The van der Waals surface area contributed by atoms with Crippen molar-refractivity contribution in [1.82, 2.24) is 10.0 Å². The van der Waals surface area contributed by atoms with E-state index in [2.05, 4.69) is 10.0 Å². The molecule has 1 aliphatic heterocycles. The minimum Gasteiger partial charge on any atom is -0.376 e. The van der Waals surface area contributed by atoms with Gasteiger partial charge in [0.05, 0.1) is 11.0 Å². The van der Waals surface area contributed by atoms with Gasteiger partial charge in [0.2, 0.25) is 15.9 Å². The normalized spacial score (nSPS) is 18.0. The van der Waals surface area contributed by atoms with Crippen LogP contribution in [-0.4, -0.2) is 39.6 Å². The van der Waals surface area contributed by atoms with E-state index in [0.29, 0.717) is 18.2 Å². The summed E-state index contributed by atoms with van der Waals surface area (Å²) in [6, 6.07) is 14.2. The third-order valence-corrected chi connectivity index (χ3v) is 6.29. The molecule has 8 heteroatoms. The van der Waals surface area contributed by atoms with Crippen LogP contribution in [0.3, 0.4) is 0 Å². The predicted octanol–water partition coefficient (Wildman–Crippen LogP) is 2.52. The minimum atomic E-state index is -3.88. The first-order valence-corrected chi connectivity index (χ1v) is 11.0. The fraction of sp³-hybridized carbons (Fsp3) is 0.350. The number of rotatable bonds is 8. The lowest BCUT2D eigenvalue weighted by Crippen LogP contribution is -2.49. The van der Waals surface area contributed by atoms with Crippen molar-refractivity contribution in [3.8, 4) is 0 Å². The maximum absolute atomic E-state index is 12.8. The second kappa shape index (κ2) is 9.52. The van der Waals surface area contributed by atoms with Gasteiger partial charge in [0.25, 0.3) is 0 Å². The predicted molar refractivity (Wildman–Crippen MR) is 108 cm³/mol. The summed E-state index contributed by atoms with van der Waals surface area (Å²) in [5, 5.41) is 3.26. The molecule has 0 spiro atoms. The molecule has 2 aromatic rings. The van der Waals surface area contributed by atoms with Crippen molar-refractivity contribution in [2.75, 3.05) is 13.2 Å². The first-order valence-electron chi connectivity index (χ1n) is 9.15. The molecular formula is C20H23ClN2O4S. The van der Waals surface area contributed by atoms with Gasteiger partial charge in [0, 0.05) is 18.2 Å². The Morgan fingerprint density at radius 1 is 1.14 bits per heavy atom.